The van der Waals surface area contributed by atoms with Crippen LogP contribution in [0.5, 0.6) is 0 Å². The number of halogens is 3. The van der Waals surface area contributed by atoms with Crippen LogP contribution in [0.4, 0.5) is 0 Å². The van der Waals surface area contributed by atoms with Crippen molar-refractivity contribution in [2.24, 2.45) is 4.76 Å². The summed E-state index contributed by atoms with van der Waals surface area (Å²) in [7, 11) is -3.49. The number of quaternary nitrogens is 1. The zero-order valence-electron chi connectivity index (χ0n) is 15.0. The Hall–Kier alpha value is 0.330. The lowest BCUT2D eigenvalue weighted by atomic mass is 10.5. The first-order chi connectivity index (χ1) is 12.8. The molecule has 0 aromatic carbocycles. The Labute approximate surface area is 174 Å². The van der Waals surface area contributed by atoms with Crippen molar-refractivity contribution in [3.8, 4) is 0 Å². The van der Waals surface area contributed by atoms with Gasteiger partial charge in [0, 0.05) is 32.1 Å². The number of alkyl halides is 3. The first kappa shape index (κ1) is 23.6. The lowest BCUT2D eigenvalue weighted by molar-refractivity contribution is -0.670. The van der Waals surface area contributed by atoms with Crippen molar-refractivity contribution in [1.82, 2.24) is 9.34 Å². The molecule has 27 heavy (non-hydrogen) atoms. The maximum atomic E-state index is 13.4. The number of nitrogens with two attached hydrogens (primary N) is 1. The summed E-state index contributed by atoms with van der Waals surface area (Å²) < 4.78 is 33.7. The number of rotatable bonds is 3. The van der Waals surface area contributed by atoms with Gasteiger partial charge in [-0.15, -0.1) is 0 Å². The van der Waals surface area contributed by atoms with Gasteiger partial charge >= 0.3 is 7.59 Å². The zero-order chi connectivity index (χ0) is 19.8. The third-order valence-corrected chi connectivity index (χ3v) is 7.31. The van der Waals surface area contributed by atoms with Crippen molar-refractivity contribution in [1.29, 1.82) is 0 Å². The SMILES string of the molecule is C1COCC[NH2+]1.O=P(/N=C(\[O-])C(Cl)(Cl)Cl)(N1CCOCC1)N1CCOCC1. The summed E-state index contributed by atoms with van der Waals surface area (Å²) in [5.74, 6) is -1.02. The molecule has 0 atom stereocenters. The molecule has 0 aromatic heterocycles. The second kappa shape index (κ2) is 11.5. The summed E-state index contributed by atoms with van der Waals surface area (Å²) in [5, 5.41) is 14.2. The molecule has 0 bridgehead atoms. The van der Waals surface area contributed by atoms with Crippen LogP contribution >= 0.6 is 42.4 Å². The third kappa shape index (κ3) is 7.59. The Morgan fingerprint density at radius 3 is 1.59 bits per heavy atom. The Morgan fingerprint density at radius 1 is 0.889 bits per heavy atom. The summed E-state index contributed by atoms with van der Waals surface area (Å²) in [4.78, 5) is 0. The first-order valence-electron chi connectivity index (χ1n) is 8.84. The second-order valence-electron chi connectivity index (χ2n) is 6.03. The Balaban J connectivity index is 0.000000369. The van der Waals surface area contributed by atoms with Crippen molar-refractivity contribution >= 4 is 48.3 Å². The van der Waals surface area contributed by atoms with Gasteiger partial charge in [-0.1, -0.05) is 34.8 Å². The van der Waals surface area contributed by atoms with Gasteiger partial charge in [-0.2, -0.15) is 0 Å². The van der Waals surface area contributed by atoms with Gasteiger partial charge in [-0.3, -0.25) is 4.57 Å². The van der Waals surface area contributed by atoms with Gasteiger partial charge in [0.1, 0.15) is 0 Å². The quantitative estimate of drug-likeness (QED) is 0.257. The molecule has 0 aromatic rings. The van der Waals surface area contributed by atoms with E-state index >= 15 is 0 Å². The van der Waals surface area contributed by atoms with Crippen LogP contribution < -0.4 is 10.4 Å². The predicted octanol–water partition coefficient (Wildman–Crippen LogP) is -0.532. The largest absolute Gasteiger partial charge is 0.859 e. The fraction of sp³-hybridized carbons (Fsp3) is 0.929. The highest BCUT2D eigenvalue weighted by atomic mass is 35.6. The van der Waals surface area contributed by atoms with Crippen molar-refractivity contribution in [2.45, 2.75) is 3.79 Å². The zero-order valence-corrected chi connectivity index (χ0v) is 18.2. The van der Waals surface area contributed by atoms with E-state index in [0.717, 1.165) is 26.3 Å². The molecule has 158 valence electrons. The van der Waals surface area contributed by atoms with Gasteiger partial charge in [0.05, 0.1) is 52.7 Å². The smallest absolute Gasteiger partial charge is 0.328 e. The standard InChI is InChI=1S/C10H17Cl3N3O4P.C4H9NO/c11-10(12,13)9(17)14-21(18,15-1-5-19-6-2-15)16-3-7-20-8-4-16;1-3-6-4-2-5-1/h1-8H2,(H,14,17,18);5H,1-4H2. The molecule has 2 N–H and O–H groups in total. The third-order valence-electron chi connectivity index (χ3n) is 4.11. The summed E-state index contributed by atoms with van der Waals surface area (Å²) in [6, 6.07) is 0. The van der Waals surface area contributed by atoms with E-state index in [1.165, 1.54) is 0 Å². The molecule has 3 aliphatic rings. The van der Waals surface area contributed by atoms with Crippen molar-refractivity contribution < 1.29 is 29.2 Å². The van der Waals surface area contributed by atoms with Crippen molar-refractivity contribution in [3.63, 3.8) is 0 Å². The lowest BCUT2D eigenvalue weighted by Crippen LogP contribution is -2.87. The molecule has 0 amide bonds. The number of nitrogens with zero attached hydrogens (tertiary/aromatic N) is 3. The monoisotopic (exact) mass is 466 g/mol. The molecule has 0 spiro atoms. The highest BCUT2D eigenvalue weighted by Crippen LogP contribution is 2.55. The van der Waals surface area contributed by atoms with E-state index in [9.17, 15) is 9.67 Å². The van der Waals surface area contributed by atoms with Gasteiger partial charge in [0.2, 0.25) is 3.79 Å². The highest BCUT2D eigenvalue weighted by molar-refractivity contribution is 7.58. The lowest BCUT2D eigenvalue weighted by Gasteiger charge is -2.40. The minimum atomic E-state index is -3.49. The van der Waals surface area contributed by atoms with E-state index in [2.05, 4.69) is 10.1 Å². The highest BCUT2D eigenvalue weighted by Gasteiger charge is 2.39. The van der Waals surface area contributed by atoms with Crippen LogP contribution in [0.2, 0.25) is 0 Å². The van der Waals surface area contributed by atoms with E-state index in [1.807, 2.05) is 0 Å². The maximum absolute atomic E-state index is 13.4. The van der Waals surface area contributed by atoms with E-state index in [4.69, 9.17) is 49.0 Å². The summed E-state index contributed by atoms with van der Waals surface area (Å²) in [6.45, 7) is 7.52. The van der Waals surface area contributed by atoms with E-state index in [1.54, 1.807) is 9.34 Å². The number of hydrogen-bond donors (Lipinski definition) is 1. The molecule has 3 fully saturated rings. The van der Waals surface area contributed by atoms with Crippen LogP contribution in [0, 0.1) is 0 Å². The molecule has 3 aliphatic heterocycles. The second-order valence-corrected chi connectivity index (χ2v) is 10.7. The van der Waals surface area contributed by atoms with Crippen LogP contribution in [-0.2, 0) is 18.8 Å². The van der Waals surface area contributed by atoms with Crippen LogP contribution in [0.3, 0.4) is 0 Å². The minimum absolute atomic E-state index is 0.408. The molecule has 3 rings (SSSR count). The molecular formula is C14H26Cl3N4O5P. The topological polar surface area (TPSA) is 103 Å². The molecule has 0 unspecified atom stereocenters. The maximum Gasteiger partial charge on any atom is 0.328 e. The number of ether oxygens (including phenoxy) is 3. The van der Waals surface area contributed by atoms with Crippen LogP contribution in [-0.4, -0.2) is 97.9 Å². The van der Waals surface area contributed by atoms with Crippen molar-refractivity contribution in [2.75, 3.05) is 78.9 Å². The van der Waals surface area contributed by atoms with Gasteiger partial charge in [-0.05, 0) is 0 Å². The molecule has 9 nitrogen and oxygen atoms in total. The molecule has 0 aliphatic carbocycles. The van der Waals surface area contributed by atoms with Gasteiger partial charge in [0.25, 0.3) is 0 Å². The summed E-state index contributed by atoms with van der Waals surface area (Å²) in [6.07, 6.45) is 0. The van der Waals surface area contributed by atoms with Crippen molar-refractivity contribution in [3.05, 3.63) is 0 Å². The molecule has 0 radical (unpaired) electrons. The van der Waals surface area contributed by atoms with Crippen LogP contribution in [0.1, 0.15) is 0 Å². The average molecular weight is 468 g/mol. The molecule has 13 heteroatoms. The van der Waals surface area contributed by atoms with Gasteiger partial charge in [-0.25, -0.2) is 14.1 Å². The molecule has 3 saturated heterocycles. The number of morpholine rings is 3. The normalized spacial score (nSPS) is 24.2. The molecular weight excluding hydrogens is 442 g/mol. The fourth-order valence-corrected chi connectivity index (χ4v) is 5.36. The predicted molar refractivity (Wildman–Crippen MR) is 103 cm³/mol. The Morgan fingerprint density at radius 2 is 1.30 bits per heavy atom. The molecule has 3 heterocycles. The number of hydrogen-bond acceptors (Lipinski definition) is 5. The van der Waals surface area contributed by atoms with E-state index < -0.39 is 17.3 Å². The van der Waals surface area contributed by atoms with Gasteiger partial charge in [0.15, 0.2) is 0 Å². The fourth-order valence-electron chi connectivity index (χ4n) is 2.69. The minimum Gasteiger partial charge on any atom is -0.859 e. The van der Waals surface area contributed by atoms with Crippen LogP contribution in [0.25, 0.3) is 0 Å². The Bertz CT molecular complexity index is 488. The average Bonchev–Trinajstić information content (AvgIpc) is 2.70. The van der Waals surface area contributed by atoms with Gasteiger partial charge < -0.3 is 24.6 Å². The summed E-state index contributed by atoms with van der Waals surface area (Å²) >= 11 is 16.6. The van der Waals surface area contributed by atoms with E-state index in [0.29, 0.717) is 52.6 Å². The molecule has 0 saturated carbocycles. The summed E-state index contributed by atoms with van der Waals surface area (Å²) in [5.41, 5.74) is 0. The van der Waals surface area contributed by atoms with Crippen LogP contribution in [0.15, 0.2) is 4.76 Å². The Kier molecular flexibility index (Phi) is 10.1. The first-order valence-corrected chi connectivity index (χ1v) is 11.5. The van der Waals surface area contributed by atoms with E-state index in [-0.39, 0.29) is 0 Å².